The monoisotopic (exact) mass is 299 g/mol. The van der Waals surface area contributed by atoms with Crippen molar-refractivity contribution < 1.29 is 9.18 Å². The summed E-state index contributed by atoms with van der Waals surface area (Å²) in [5, 5.41) is 0. The highest BCUT2D eigenvalue weighted by molar-refractivity contribution is 6.08. The molecule has 5 heteroatoms. The van der Waals surface area contributed by atoms with Gasteiger partial charge in [-0.25, -0.2) is 4.39 Å². The molecule has 2 aromatic rings. The number of hydrogen-bond donors (Lipinski definition) is 2. The Hall–Kier alpha value is -2.56. The molecule has 0 saturated carbocycles. The van der Waals surface area contributed by atoms with Crippen molar-refractivity contribution in [1.29, 1.82) is 0 Å². The van der Waals surface area contributed by atoms with Gasteiger partial charge >= 0.3 is 0 Å². The third-order valence-electron chi connectivity index (χ3n) is 4.20. The van der Waals surface area contributed by atoms with Crippen LogP contribution in [0.2, 0.25) is 0 Å². The van der Waals surface area contributed by atoms with Crippen LogP contribution in [-0.2, 0) is 16.8 Å². The molecule has 2 aromatic carbocycles. The molecule has 114 valence electrons. The molecule has 1 aliphatic heterocycles. The van der Waals surface area contributed by atoms with E-state index >= 15 is 0 Å². The minimum Gasteiger partial charge on any atom is -0.397 e. The number of nitrogens with zero attached hydrogens (tertiary/aromatic N) is 1. The Morgan fingerprint density at radius 2 is 1.68 bits per heavy atom. The van der Waals surface area contributed by atoms with E-state index in [1.807, 2.05) is 13.8 Å². The smallest absolute Gasteiger partial charge is 0.237 e. The van der Waals surface area contributed by atoms with Crippen LogP contribution in [0, 0.1) is 5.82 Å². The Labute approximate surface area is 128 Å². The first-order valence-electron chi connectivity index (χ1n) is 7.06. The molecule has 4 nitrogen and oxygen atoms in total. The molecule has 0 saturated heterocycles. The molecule has 22 heavy (non-hydrogen) atoms. The van der Waals surface area contributed by atoms with Crippen LogP contribution in [0.3, 0.4) is 0 Å². The zero-order valence-corrected chi connectivity index (χ0v) is 12.6. The number of rotatable bonds is 2. The molecule has 1 heterocycles. The predicted molar refractivity (Wildman–Crippen MR) is 85.9 cm³/mol. The van der Waals surface area contributed by atoms with Crippen molar-refractivity contribution in [3.05, 3.63) is 53.3 Å². The van der Waals surface area contributed by atoms with Gasteiger partial charge in [-0.3, -0.25) is 4.79 Å². The van der Waals surface area contributed by atoms with Crippen molar-refractivity contribution in [3.63, 3.8) is 0 Å². The van der Waals surface area contributed by atoms with Gasteiger partial charge in [-0.05, 0) is 49.2 Å². The molecular formula is C17H18FN3O. The van der Waals surface area contributed by atoms with Crippen LogP contribution in [0.15, 0.2) is 36.4 Å². The normalized spacial score (nSPS) is 16.0. The lowest BCUT2D eigenvalue weighted by Crippen LogP contribution is -2.35. The quantitative estimate of drug-likeness (QED) is 0.838. The summed E-state index contributed by atoms with van der Waals surface area (Å²) in [6.45, 7) is 4.11. The van der Waals surface area contributed by atoms with Crippen LogP contribution in [0.25, 0.3) is 0 Å². The fraction of sp³-hybridized carbons (Fsp3) is 0.235. The summed E-state index contributed by atoms with van der Waals surface area (Å²) in [7, 11) is 0. The highest BCUT2D eigenvalue weighted by Gasteiger charge is 2.44. The van der Waals surface area contributed by atoms with Gasteiger partial charge in [0.1, 0.15) is 5.82 Å². The third-order valence-corrected chi connectivity index (χ3v) is 4.20. The number of nitrogen functional groups attached to an aromatic ring is 2. The third kappa shape index (κ3) is 2.09. The Kier molecular flexibility index (Phi) is 3.09. The topological polar surface area (TPSA) is 72.3 Å². The number of amides is 1. The van der Waals surface area contributed by atoms with Gasteiger partial charge in [-0.1, -0.05) is 12.1 Å². The maximum atomic E-state index is 13.0. The van der Waals surface area contributed by atoms with E-state index in [1.165, 1.54) is 12.1 Å². The average Bonchev–Trinajstić information content (AvgIpc) is 2.64. The van der Waals surface area contributed by atoms with Crippen molar-refractivity contribution in [1.82, 2.24) is 0 Å². The van der Waals surface area contributed by atoms with E-state index in [0.29, 0.717) is 17.9 Å². The van der Waals surface area contributed by atoms with Crippen molar-refractivity contribution in [2.75, 3.05) is 16.4 Å². The minimum atomic E-state index is -0.656. The van der Waals surface area contributed by atoms with E-state index in [0.717, 1.165) is 16.8 Å². The molecule has 0 aliphatic carbocycles. The molecule has 0 bridgehead atoms. The van der Waals surface area contributed by atoms with E-state index < -0.39 is 5.41 Å². The van der Waals surface area contributed by atoms with Gasteiger partial charge in [0.2, 0.25) is 5.91 Å². The molecule has 0 unspecified atom stereocenters. The highest BCUT2D eigenvalue weighted by Crippen LogP contribution is 2.44. The molecule has 0 radical (unpaired) electrons. The number of fused-ring (bicyclic) bond motifs is 1. The van der Waals surface area contributed by atoms with Crippen LogP contribution in [-0.4, -0.2) is 5.91 Å². The van der Waals surface area contributed by atoms with Crippen LogP contribution < -0.4 is 16.4 Å². The number of halogens is 1. The van der Waals surface area contributed by atoms with E-state index in [-0.39, 0.29) is 11.7 Å². The summed E-state index contributed by atoms with van der Waals surface area (Å²) >= 11 is 0. The number of anilines is 3. The van der Waals surface area contributed by atoms with Gasteiger partial charge in [-0.2, -0.15) is 0 Å². The summed E-state index contributed by atoms with van der Waals surface area (Å²) in [5.74, 6) is -0.314. The van der Waals surface area contributed by atoms with E-state index in [2.05, 4.69) is 0 Å². The number of benzene rings is 2. The lowest BCUT2D eigenvalue weighted by atomic mass is 9.86. The second-order valence-electron chi connectivity index (χ2n) is 6.14. The molecular weight excluding hydrogens is 281 g/mol. The SMILES string of the molecule is CC1(C)C(=O)N(Cc2ccc(F)cc2)c2cc(N)c(N)cc21. The molecule has 0 atom stereocenters. The fourth-order valence-corrected chi connectivity index (χ4v) is 2.84. The highest BCUT2D eigenvalue weighted by atomic mass is 19.1. The predicted octanol–water partition coefficient (Wildman–Crippen LogP) is 2.81. The first-order valence-corrected chi connectivity index (χ1v) is 7.06. The van der Waals surface area contributed by atoms with Crippen LogP contribution in [0.1, 0.15) is 25.0 Å². The molecule has 4 N–H and O–H groups in total. The summed E-state index contributed by atoms with van der Waals surface area (Å²) in [6.07, 6.45) is 0. The Bertz CT molecular complexity index is 753. The van der Waals surface area contributed by atoms with Crippen LogP contribution in [0.4, 0.5) is 21.5 Å². The Morgan fingerprint density at radius 1 is 1.09 bits per heavy atom. The molecule has 0 spiro atoms. The standard InChI is InChI=1S/C17H18FN3O/c1-17(2)12-7-13(19)14(20)8-15(12)21(16(17)22)9-10-3-5-11(18)6-4-10/h3-8H,9,19-20H2,1-2H3. The van der Waals surface area contributed by atoms with Crippen LogP contribution in [0.5, 0.6) is 0 Å². The second kappa shape index (κ2) is 4.73. The van der Waals surface area contributed by atoms with Crippen molar-refractivity contribution in [2.45, 2.75) is 25.8 Å². The van der Waals surface area contributed by atoms with Gasteiger partial charge in [0, 0.05) is 0 Å². The maximum absolute atomic E-state index is 13.0. The van der Waals surface area contributed by atoms with E-state index in [4.69, 9.17) is 11.5 Å². The first-order chi connectivity index (χ1) is 10.3. The van der Waals surface area contributed by atoms with Crippen molar-refractivity contribution >= 4 is 23.0 Å². The molecule has 1 amide bonds. The Morgan fingerprint density at radius 3 is 2.32 bits per heavy atom. The summed E-state index contributed by atoms with van der Waals surface area (Å²) in [4.78, 5) is 14.4. The van der Waals surface area contributed by atoms with Crippen molar-refractivity contribution in [3.8, 4) is 0 Å². The maximum Gasteiger partial charge on any atom is 0.237 e. The zero-order valence-electron chi connectivity index (χ0n) is 12.6. The van der Waals surface area contributed by atoms with Gasteiger partial charge in [0.05, 0.1) is 29.0 Å². The molecule has 1 aliphatic rings. The average molecular weight is 299 g/mol. The van der Waals surface area contributed by atoms with Crippen LogP contribution >= 0.6 is 0 Å². The zero-order chi connectivity index (χ0) is 16.1. The number of nitrogens with two attached hydrogens (primary N) is 2. The lowest BCUT2D eigenvalue weighted by Gasteiger charge is -2.20. The van der Waals surface area contributed by atoms with Crippen molar-refractivity contribution in [2.24, 2.45) is 0 Å². The fourth-order valence-electron chi connectivity index (χ4n) is 2.84. The lowest BCUT2D eigenvalue weighted by molar-refractivity contribution is -0.122. The number of carbonyl (C=O) groups excluding carboxylic acids is 1. The van der Waals surface area contributed by atoms with Gasteiger partial charge in [0.25, 0.3) is 0 Å². The number of hydrogen-bond acceptors (Lipinski definition) is 3. The minimum absolute atomic E-state index is 0.0168. The molecule has 0 fully saturated rings. The van der Waals surface area contributed by atoms with Gasteiger partial charge < -0.3 is 16.4 Å². The molecule has 0 aromatic heterocycles. The second-order valence-corrected chi connectivity index (χ2v) is 6.14. The molecule has 3 rings (SSSR count). The number of carbonyl (C=O) groups is 1. The van der Waals surface area contributed by atoms with E-state index in [1.54, 1.807) is 29.2 Å². The summed E-state index contributed by atoms with van der Waals surface area (Å²) < 4.78 is 13.0. The summed E-state index contributed by atoms with van der Waals surface area (Å²) in [5.41, 5.74) is 14.5. The largest absolute Gasteiger partial charge is 0.397 e. The first kappa shape index (κ1) is 14.4. The van der Waals surface area contributed by atoms with E-state index in [9.17, 15) is 9.18 Å². The summed E-state index contributed by atoms with van der Waals surface area (Å²) in [6, 6.07) is 9.63. The van der Waals surface area contributed by atoms with Gasteiger partial charge in [-0.15, -0.1) is 0 Å². The van der Waals surface area contributed by atoms with Gasteiger partial charge in [0.15, 0.2) is 0 Å². The Balaban J connectivity index is 2.05.